The maximum atomic E-state index is 13.9. The van der Waals surface area contributed by atoms with Gasteiger partial charge in [0.2, 0.25) is 11.7 Å². The zero-order chi connectivity index (χ0) is 20.9. The lowest BCUT2D eigenvalue weighted by Crippen LogP contribution is -2.45. The van der Waals surface area contributed by atoms with Crippen LogP contribution in [0.2, 0.25) is 5.02 Å². The Morgan fingerprint density at radius 1 is 1.23 bits per heavy atom. The summed E-state index contributed by atoms with van der Waals surface area (Å²) in [7, 11) is 0. The number of carbonyl (C=O) groups excluding carboxylic acids is 1. The highest BCUT2D eigenvalue weighted by molar-refractivity contribution is 6.30. The number of likely N-dealkylation sites (tertiary alicyclic amines) is 1. The van der Waals surface area contributed by atoms with Gasteiger partial charge in [0.05, 0.1) is 5.56 Å². The SMILES string of the molecule is O=C(NCc1ccc(Cl)cc1)N1CCC[C@@H](Cc2nc(-c3ccccc3F)no2)C1. The molecule has 1 fully saturated rings. The van der Waals surface area contributed by atoms with Gasteiger partial charge in [0.25, 0.3) is 0 Å². The molecule has 1 saturated heterocycles. The summed E-state index contributed by atoms with van der Waals surface area (Å²) in [5.74, 6) is 0.540. The Kier molecular flexibility index (Phi) is 6.28. The minimum Gasteiger partial charge on any atom is -0.339 e. The van der Waals surface area contributed by atoms with E-state index in [0.717, 1.165) is 18.4 Å². The molecule has 1 atom stereocenters. The van der Waals surface area contributed by atoms with Crippen LogP contribution in [0.1, 0.15) is 24.3 Å². The van der Waals surface area contributed by atoms with E-state index in [1.165, 1.54) is 6.07 Å². The van der Waals surface area contributed by atoms with Gasteiger partial charge < -0.3 is 14.7 Å². The Hall–Kier alpha value is -2.93. The van der Waals surface area contributed by atoms with Crippen molar-refractivity contribution in [2.45, 2.75) is 25.8 Å². The van der Waals surface area contributed by atoms with Crippen LogP contribution in [0.15, 0.2) is 53.1 Å². The largest absolute Gasteiger partial charge is 0.339 e. The first kappa shape index (κ1) is 20.3. The third kappa shape index (κ3) is 4.97. The van der Waals surface area contributed by atoms with E-state index in [0.29, 0.717) is 42.5 Å². The Balaban J connectivity index is 1.32. The predicted molar refractivity (Wildman–Crippen MR) is 111 cm³/mol. The fourth-order valence-electron chi connectivity index (χ4n) is 3.64. The van der Waals surface area contributed by atoms with Crippen LogP contribution < -0.4 is 5.32 Å². The first-order chi connectivity index (χ1) is 14.6. The molecule has 1 aromatic heterocycles. The average molecular weight is 429 g/mol. The van der Waals surface area contributed by atoms with Crippen molar-refractivity contribution in [1.29, 1.82) is 0 Å². The van der Waals surface area contributed by atoms with E-state index in [2.05, 4.69) is 15.5 Å². The summed E-state index contributed by atoms with van der Waals surface area (Å²) in [6.45, 7) is 1.78. The lowest BCUT2D eigenvalue weighted by Gasteiger charge is -2.32. The smallest absolute Gasteiger partial charge is 0.317 e. The van der Waals surface area contributed by atoms with E-state index < -0.39 is 0 Å². The molecule has 2 heterocycles. The molecule has 3 aromatic rings. The average Bonchev–Trinajstić information content (AvgIpc) is 3.22. The Morgan fingerprint density at radius 3 is 2.83 bits per heavy atom. The summed E-state index contributed by atoms with van der Waals surface area (Å²) < 4.78 is 19.2. The number of amides is 2. The van der Waals surface area contributed by atoms with Crippen LogP contribution in [0.4, 0.5) is 9.18 Å². The highest BCUT2D eigenvalue weighted by Crippen LogP contribution is 2.23. The molecule has 1 N–H and O–H groups in total. The maximum absolute atomic E-state index is 13.9. The lowest BCUT2D eigenvalue weighted by atomic mass is 9.95. The Morgan fingerprint density at radius 2 is 2.03 bits per heavy atom. The van der Waals surface area contributed by atoms with E-state index in [9.17, 15) is 9.18 Å². The fourth-order valence-corrected chi connectivity index (χ4v) is 3.77. The van der Waals surface area contributed by atoms with Gasteiger partial charge in [-0.1, -0.05) is 41.0 Å². The van der Waals surface area contributed by atoms with Crippen molar-refractivity contribution in [1.82, 2.24) is 20.4 Å². The minimum absolute atomic E-state index is 0.0905. The lowest BCUT2D eigenvalue weighted by molar-refractivity contribution is 0.161. The number of aromatic nitrogens is 2. The topological polar surface area (TPSA) is 71.3 Å². The molecule has 2 amide bonds. The quantitative estimate of drug-likeness (QED) is 0.639. The van der Waals surface area contributed by atoms with Gasteiger partial charge in [-0.15, -0.1) is 0 Å². The van der Waals surface area contributed by atoms with Gasteiger partial charge in [0, 0.05) is 31.1 Å². The molecule has 0 bridgehead atoms. The molecule has 4 rings (SSSR count). The summed E-state index contributed by atoms with van der Waals surface area (Å²) in [5, 5.41) is 7.53. The Labute approximate surface area is 179 Å². The van der Waals surface area contributed by atoms with E-state index >= 15 is 0 Å². The molecule has 1 aliphatic rings. The second-order valence-corrected chi connectivity index (χ2v) is 7.87. The standard InChI is InChI=1S/C22H22ClFN4O2/c23-17-9-7-15(8-10-17)13-25-22(29)28-11-3-4-16(14-28)12-20-26-21(27-30-20)18-5-1-2-6-19(18)24/h1-2,5-10,16H,3-4,11-14H2,(H,25,29)/t16-/m0/s1. The molecule has 6 nitrogen and oxygen atoms in total. The number of halogens is 2. The highest BCUT2D eigenvalue weighted by atomic mass is 35.5. The number of urea groups is 1. The summed E-state index contributed by atoms with van der Waals surface area (Å²) in [6, 6.07) is 13.6. The minimum atomic E-state index is -0.383. The second-order valence-electron chi connectivity index (χ2n) is 7.44. The van der Waals surface area contributed by atoms with Crippen molar-refractivity contribution in [2.24, 2.45) is 5.92 Å². The van der Waals surface area contributed by atoms with Gasteiger partial charge >= 0.3 is 6.03 Å². The summed E-state index contributed by atoms with van der Waals surface area (Å²) in [4.78, 5) is 18.7. The zero-order valence-electron chi connectivity index (χ0n) is 16.4. The van der Waals surface area contributed by atoms with Crippen molar-refractivity contribution in [2.75, 3.05) is 13.1 Å². The van der Waals surface area contributed by atoms with Crippen LogP contribution in [-0.2, 0) is 13.0 Å². The van der Waals surface area contributed by atoms with Crippen LogP contribution in [0.5, 0.6) is 0 Å². The van der Waals surface area contributed by atoms with Crippen LogP contribution >= 0.6 is 11.6 Å². The Bertz CT molecular complexity index is 1010. The van der Waals surface area contributed by atoms with E-state index in [4.69, 9.17) is 16.1 Å². The van der Waals surface area contributed by atoms with Crippen LogP contribution in [0.25, 0.3) is 11.4 Å². The third-order valence-corrected chi connectivity index (χ3v) is 5.46. The molecular formula is C22H22ClFN4O2. The van der Waals surface area contributed by atoms with Crippen molar-refractivity contribution < 1.29 is 13.7 Å². The van der Waals surface area contributed by atoms with Crippen LogP contribution in [0, 0.1) is 11.7 Å². The van der Waals surface area contributed by atoms with Gasteiger partial charge in [-0.05, 0) is 48.6 Å². The number of hydrogen-bond donors (Lipinski definition) is 1. The molecule has 0 saturated carbocycles. The van der Waals surface area contributed by atoms with Crippen molar-refractivity contribution in [3.8, 4) is 11.4 Å². The first-order valence-corrected chi connectivity index (χ1v) is 10.3. The number of hydrogen-bond acceptors (Lipinski definition) is 4. The number of benzene rings is 2. The monoisotopic (exact) mass is 428 g/mol. The van der Waals surface area contributed by atoms with Crippen molar-refractivity contribution in [3.05, 3.63) is 70.8 Å². The van der Waals surface area contributed by atoms with E-state index in [-0.39, 0.29) is 23.6 Å². The molecule has 156 valence electrons. The van der Waals surface area contributed by atoms with Gasteiger partial charge in [-0.3, -0.25) is 0 Å². The summed E-state index contributed by atoms with van der Waals surface area (Å²) >= 11 is 5.89. The van der Waals surface area contributed by atoms with Gasteiger partial charge in [-0.2, -0.15) is 4.98 Å². The molecule has 30 heavy (non-hydrogen) atoms. The molecule has 8 heteroatoms. The van der Waals surface area contributed by atoms with Crippen molar-refractivity contribution in [3.63, 3.8) is 0 Å². The summed E-state index contributed by atoms with van der Waals surface area (Å²) in [6.07, 6.45) is 2.44. The van der Waals surface area contributed by atoms with Crippen LogP contribution in [0.3, 0.4) is 0 Å². The van der Waals surface area contributed by atoms with Gasteiger partial charge in [0.15, 0.2) is 0 Å². The van der Waals surface area contributed by atoms with E-state index in [1.807, 2.05) is 17.0 Å². The number of nitrogens with one attached hydrogen (secondary N) is 1. The molecule has 0 radical (unpaired) electrons. The zero-order valence-corrected chi connectivity index (χ0v) is 17.1. The predicted octanol–water partition coefficient (Wildman–Crippen LogP) is 4.69. The highest BCUT2D eigenvalue weighted by Gasteiger charge is 2.25. The molecule has 0 aliphatic carbocycles. The summed E-state index contributed by atoms with van der Waals surface area (Å²) in [5.41, 5.74) is 1.31. The molecule has 1 aliphatic heterocycles. The molecule has 2 aromatic carbocycles. The van der Waals surface area contributed by atoms with Gasteiger partial charge in [0.1, 0.15) is 5.82 Å². The number of piperidine rings is 1. The van der Waals surface area contributed by atoms with Crippen LogP contribution in [-0.4, -0.2) is 34.2 Å². The first-order valence-electron chi connectivity index (χ1n) is 9.93. The molecule has 0 spiro atoms. The number of rotatable bonds is 5. The molecule has 0 unspecified atom stereocenters. The van der Waals surface area contributed by atoms with Crippen molar-refractivity contribution >= 4 is 17.6 Å². The normalized spacial score (nSPS) is 16.5. The van der Waals surface area contributed by atoms with E-state index in [1.54, 1.807) is 30.3 Å². The van der Waals surface area contributed by atoms with Gasteiger partial charge in [-0.25, -0.2) is 9.18 Å². The molecular weight excluding hydrogens is 407 g/mol. The number of nitrogens with zero attached hydrogens (tertiary/aromatic N) is 3. The number of carbonyl (C=O) groups is 1. The second kappa shape index (κ2) is 9.26. The maximum Gasteiger partial charge on any atom is 0.317 e. The third-order valence-electron chi connectivity index (χ3n) is 5.21. The fraction of sp³-hybridized carbons (Fsp3) is 0.318.